The van der Waals surface area contributed by atoms with Crippen molar-refractivity contribution in [2.45, 2.75) is 27.2 Å². The van der Waals surface area contributed by atoms with Crippen molar-refractivity contribution in [2.24, 2.45) is 5.92 Å². The van der Waals surface area contributed by atoms with Gasteiger partial charge in [-0.25, -0.2) is 0 Å². The summed E-state index contributed by atoms with van der Waals surface area (Å²) in [6.45, 7) is 6.34. The molecule has 0 atom stereocenters. The molecule has 0 spiro atoms. The van der Waals surface area contributed by atoms with Gasteiger partial charge < -0.3 is 9.47 Å². The molecule has 196 valence electrons. The Kier molecular flexibility index (Phi) is 9.02. The Labute approximate surface area is 232 Å². The van der Waals surface area contributed by atoms with E-state index >= 15 is 0 Å². The Morgan fingerprint density at radius 1 is 0.615 bits per heavy atom. The van der Waals surface area contributed by atoms with Gasteiger partial charge >= 0.3 is 0 Å². The highest BCUT2D eigenvalue weighted by Crippen LogP contribution is 2.39. The van der Waals surface area contributed by atoms with Gasteiger partial charge in [0, 0.05) is 5.57 Å². The van der Waals surface area contributed by atoms with Crippen LogP contribution in [-0.2, 0) is 0 Å². The van der Waals surface area contributed by atoms with Gasteiger partial charge in [-0.3, -0.25) is 0 Å². The molecule has 0 bridgehead atoms. The maximum absolute atomic E-state index is 9.76. The molecule has 4 aromatic rings. The van der Waals surface area contributed by atoms with Crippen LogP contribution in [0.3, 0.4) is 0 Å². The highest BCUT2D eigenvalue weighted by Gasteiger charge is 2.18. The summed E-state index contributed by atoms with van der Waals surface area (Å²) in [5, 5.41) is 9.76. The minimum absolute atomic E-state index is 0.253. The smallest absolute Gasteiger partial charge is 0.118 e. The zero-order chi connectivity index (χ0) is 27.8. The second kappa shape index (κ2) is 12.8. The fourth-order valence-electron chi connectivity index (χ4n) is 5.03. The lowest BCUT2D eigenvalue weighted by Gasteiger charge is -2.20. The van der Waals surface area contributed by atoms with Gasteiger partial charge in [0.05, 0.1) is 20.3 Å². The van der Waals surface area contributed by atoms with E-state index in [1.165, 1.54) is 0 Å². The number of nitriles is 1. The number of hydrogen-bond acceptors (Lipinski definition) is 3. The Balaban J connectivity index is 2.00. The van der Waals surface area contributed by atoms with Crippen molar-refractivity contribution in [3.8, 4) is 17.6 Å². The summed E-state index contributed by atoms with van der Waals surface area (Å²) in [6.07, 6.45) is 0.722. The molecule has 3 nitrogen and oxygen atoms in total. The average molecular weight is 514 g/mol. The summed E-state index contributed by atoms with van der Waals surface area (Å²) in [4.78, 5) is 0. The lowest BCUT2D eigenvalue weighted by molar-refractivity contribution is 0.414. The molecule has 0 N–H and O–H groups in total. The van der Waals surface area contributed by atoms with E-state index in [-0.39, 0.29) is 5.92 Å². The standard InChI is InChI=1S/C36H35NO2/c1-6-26(24-37)34(25(2)3)28-12-14-29(15-13-28)35(27-10-8-7-9-11-27)36(30-16-20-32(38-4)21-17-30)31-18-22-33(39-5)23-19-31/h7-23,25H,6H2,1-5H3/b34-26-. The van der Waals surface area contributed by atoms with Crippen LogP contribution in [0.1, 0.15) is 55.0 Å². The van der Waals surface area contributed by atoms with E-state index in [1.807, 2.05) is 37.3 Å². The van der Waals surface area contributed by atoms with Crippen LogP contribution in [-0.4, -0.2) is 14.2 Å². The molecular weight excluding hydrogens is 478 g/mol. The van der Waals surface area contributed by atoms with Crippen LogP contribution < -0.4 is 9.47 Å². The Morgan fingerprint density at radius 3 is 1.36 bits per heavy atom. The van der Waals surface area contributed by atoms with Crippen LogP contribution in [0.25, 0.3) is 16.7 Å². The number of benzene rings is 4. The summed E-state index contributed by atoms with van der Waals surface area (Å²) in [5.74, 6) is 1.88. The Morgan fingerprint density at radius 2 is 1.00 bits per heavy atom. The molecular formula is C36H35NO2. The first-order valence-electron chi connectivity index (χ1n) is 13.3. The first-order chi connectivity index (χ1) is 19.0. The van der Waals surface area contributed by atoms with Crippen LogP contribution in [0.15, 0.2) is 109 Å². The van der Waals surface area contributed by atoms with E-state index in [1.54, 1.807) is 14.2 Å². The molecule has 0 aliphatic rings. The average Bonchev–Trinajstić information content (AvgIpc) is 2.99. The van der Waals surface area contributed by atoms with Crippen LogP contribution in [0.5, 0.6) is 11.5 Å². The quantitative estimate of drug-likeness (QED) is 0.166. The molecule has 0 heterocycles. The second-order valence-corrected chi connectivity index (χ2v) is 9.66. The fourth-order valence-corrected chi connectivity index (χ4v) is 5.03. The van der Waals surface area contributed by atoms with E-state index < -0.39 is 0 Å². The first kappa shape index (κ1) is 27.5. The lowest BCUT2D eigenvalue weighted by Crippen LogP contribution is -2.00. The van der Waals surface area contributed by atoms with Gasteiger partial charge in [-0.2, -0.15) is 5.26 Å². The van der Waals surface area contributed by atoms with Crippen molar-refractivity contribution in [1.29, 1.82) is 5.26 Å². The van der Waals surface area contributed by atoms with Crippen LogP contribution >= 0.6 is 0 Å². The molecule has 3 heteroatoms. The topological polar surface area (TPSA) is 42.2 Å². The van der Waals surface area contributed by atoms with Gasteiger partial charge in [-0.1, -0.05) is 99.6 Å². The normalized spacial score (nSPS) is 11.4. The monoisotopic (exact) mass is 513 g/mol. The minimum atomic E-state index is 0.253. The molecule has 4 rings (SSSR count). The molecule has 0 aliphatic carbocycles. The third-order valence-corrected chi connectivity index (χ3v) is 6.95. The van der Waals surface area contributed by atoms with Crippen LogP contribution in [0.4, 0.5) is 0 Å². The number of nitrogens with zero attached hydrogens (tertiary/aromatic N) is 1. The highest BCUT2D eigenvalue weighted by molar-refractivity contribution is 6.04. The zero-order valence-electron chi connectivity index (χ0n) is 23.4. The minimum Gasteiger partial charge on any atom is -0.497 e. The Hall–Kier alpha value is -4.55. The number of rotatable bonds is 9. The van der Waals surface area contributed by atoms with Crippen LogP contribution in [0.2, 0.25) is 0 Å². The largest absolute Gasteiger partial charge is 0.497 e. The molecule has 39 heavy (non-hydrogen) atoms. The maximum Gasteiger partial charge on any atom is 0.118 e. The van der Waals surface area contributed by atoms with Crippen molar-refractivity contribution in [3.63, 3.8) is 0 Å². The van der Waals surface area contributed by atoms with Crippen molar-refractivity contribution >= 4 is 16.7 Å². The van der Waals surface area contributed by atoms with Crippen molar-refractivity contribution < 1.29 is 9.47 Å². The third kappa shape index (κ3) is 6.13. The number of ether oxygens (including phenoxy) is 2. The number of methoxy groups -OCH3 is 2. The zero-order valence-corrected chi connectivity index (χ0v) is 23.4. The second-order valence-electron chi connectivity index (χ2n) is 9.66. The summed E-state index contributed by atoms with van der Waals surface area (Å²) in [6, 6.07) is 38.0. The van der Waals surface area contributed by atoms with Gasteiger partial charge in [0.2, 0.25) is 0 Å². The molecule has 0 aromatic heterocycles. The van der Waals surface area contributed by atoms with E-state index in [9.17, 15) is 5.26 Å². The third-order valence-electron chi connectivity index (χ3n) is 6.95. The molecule has 0 fully saturated rings. The predicted molar refractivity (Wildman–Crippen MR) is 162 cm³/mol. The Bertz CT molecular complexity index is 1440. The van der Waals surface area contributed by atoms with Crippen molar-refractivity contribution in [2.75, 3.05) is 14.2 Å². The molecule has 0 radical (unpaired) electrons. The lowest BCUT2D eigenvalue weighted by atomic mass is 9.84. The van der Waals surface area contributed by atoms with Gasteiger partial charge in [0.1, 0.15) is 11.5 Å². The molecule has 0 amide bonds. The number of hydrogen-bond donors (Lipinski definition) is 0. The van der Waals surface area contributed by atoms with Gasteiger partial charge in [0.15, 0.2) is 0 Å². The van der Waals surface area contributed by atoms with E-state index in [2.05, 4.69) is 92.7 Å². The summed E-state index contributed by atoms with van der Waals surface area (Å²) < 4.78 is 10.9. The summed E-state index contributed by atoms with van der Waals surface area (Å²) in [5.41, 5.74) is 9.69. The first-order valence-corrected chi connectivity index (χ1v) is 13.3. The molecule has 0 aliphatic heterocycles. The van der Waals surface area contributed by atoms with Crippen LogP contribution in [0, 0.1) is 17.2 Å². The SMILES string of the molecule is CC/C(C#N)=C(/c1ccc(C(=C(c2ccc(OC)cc2)c2ccc(OC)cc2)c2ccccc2)cc1)C(C)C. The van der Waals surface area contributed by atoms with Gasteiger partial charge in [-0.05, 0) is 81.1 Å². The van der Waals surface area contributed by atoms with E-state index in [0.717, 1.165) is 68.0 Å². The molecule has 0 saturated heterocycles. The number of allylic oxidation sites excluding steroid dienone is 2. The van der Waals surface area contributed by atoms with Gasteiger partial charge in [0.25, 0.3) is 0 Å². The maximum atomic E-state index is 9.76. The van der Waals surface area contributed by atoms with Gasteiger partial charge in [-0.15, -0.1) is 0 Å². The fraction of sp³-hybridized carbons (Fsp3) is 0.194. The summed E-state index contributed by atoms with van der Waals surface area (Å²) >= 11 is 0. The molecule has 4 aromatic carbocycles. The van der Waals surface area contributed by atoms with Crippen molar-refractivity contribution in [3.05, 3.63) is 137 Å². The molecule has 0 saturated carbocycles. The predicted octanol–water partition coefficient (Wildman–Crippen LogP) is 9.05. The molecule has 0 unspecified atom stereocenters. The van der Waals surface area contributed by atoms with Crippen molar-refractivity contribution in [1.82, 2.24) is 0 Å². The van der Waals surface area contributed by atoms with E-state index in [4.69, 9.17) is 9.47 Å². The summed E-state index contributed by atoms with van der Waals surface area (Å²) in [7, 11) is 3.37. The van der Waals surface area contributed by atoms with E-state index in [0.29, 0.717) is 0 Å². The highest BCUT2D eigenvalue weighted by atomic mass is 16.5.